The van der Waals surface area contributed by atoms with Crippen molar-refractivity contribution in [1.29, 1.82) is 0 Å². The van der Waals surface area contributed by atoms with Crippen LogP contribution in [0.4, 0.5) is 0 Å². The number of nitrogens with two attached hydrogens (primary N) is 1. The molecule has 0 aliphatic carbocycles. The summed E-state index contributed by atoms with van der Waals surface area (Å²) in [4.78, 5) is 41.5. The van der Waals surface area contributed by atoms with Crippen molar-refractivity contribution >= 4 is 40.9 Å². The first-order valence-electron chi connectivity index (χ1n) is 20.8. The lowest BCUT2D eigenvalue weighted by Gasteiger charge is -2.39. The average molecular weight is 857 g/mol. The van der Waals surface area contributed by atoms with Crippen LogP contribution in [0.3, 0.4) is 0 Å². The number of benzene rings is 4. The summed E-state index contributed by atoms with van der Waals surface area (Å²) in [6.07, 6.45) is 8.55. The molecule has 0 radical (unpaired) electrons. The number of fused-ring (bicyclic) bond motifs is 5. The summed E-state index contributed by atoms with van der Waals surface area (Å²) in [5, 5.41) is 7.80. The normalized spacial score (nSPS) is 23.9. The maximum atomic E-state index is 12.4. The van der Waals surface area contributed by atoms with E-state index < -0.39 is 5.91 Å². The van der Waals surface area contributed by atoms with Crippen LogP contribution in [0, 0.1) is 0 Å². The van der Waals surface area contributed by atoms with Crippen LogP contribution in [0.15, 0.2) is 91.0 Å². The Balaban J connectivity index is 0.000000166. The minimum absolute atomic E-state index is 0.0000336. The van der Waals surface area contributed by atoms with E-state index >= 15 is 0 Å². The molecule has 4 bridgehead atoms. The fourth-order valence-electron chi connectivity index (χ4n) is 9.50. The van der Waals surface area contributed by atoms with Gasteiger partial charge >= 0.3 is 0 Å². The molecule has 0 spiro atoms. The predicted octanol–water partition coefficient (Wildman–Crippen LogP) is 6.89. The van der Waals surface area contributed by atoms with Gasteiger partial charge in [-0.1, -0.05) is 59.6 Å². The zero-order valence-corrected chi connectivity index (χ0v) is 34.9. The van der Waals surface area contributed by atoms with E-state index in [9.17, 15) is 14.4 Å². The molecule has 316 valence electrons. The fraction of sp³-hybridized carbons (Fsp3) is 0.413. The first-order chi connectivity index (χ1) is 29.1. The van der Waals surface area contributed by atoms with E-state index in [-0.39, 0.29) is 49.5 Å². The van der Waals surface area contributed by atoms with Crippen molar-refractivity contribution in [2.75, 3.05) is 20.0 Å². The van der Waals surface area contributed by atoms with Crippen molar-refractivity contribution in [3.63, 3.8) is 0 Å². The van der Waals surface area contributed by atoms with Crippen molar-refractivity contribution in [1.82, 2.24) is 20.4 Å². The predicted molar refractivity (Wildman–Crippen MR) is 228 cm³/mol. The maximum absolute atomic E-state index is 12.4. The van der Waals surface area contributed by atoms with Gasteiger partial charge in [-0.3, -0.25) is 24.2 Å². The van der Waals surface area contributed by atoms with E-state index in [4.69, 9.17) is 47.9 Å². The number of amides is 3. The summed E-state index contributed by atoms with van der Waals surface area (Å²) < 4.78 is 21.8. The highest BCUT2D eigenvalue weighted by atomic mass is 35.5. The van der Waals surface area contributed by atoms with Crippen LogP contribution in [-0.2, 0) is 22.7 Å². The molecular weight excluding hydrogens is 805 g/mol. The third-order valence-corrected chi connectivity index (χ3v) is 12.8. The Kier molecular flexibility index (Phi) is 13.3. The molecule has 14 heteroatoms. The molecule has 9 rings (SSSR count). The van der Waals surface area contributed by atoms with E-state index in [0.717, 1.165) is 61.7 Å². The Morgan fingerprint density at radius 2 is 1.12 bits per heavy atom. The highest BCUT2D eigenvalue weighted by Gasteiger charge is 2.42. The molecular formula is C46H51Cl2N5O7. The Morgan fingerprint density at radius 3 is 1.63 bits per heavy atom. The Bertz CT molecular complexity index is 2110. The van der Waals surface area contributed by atoms with Crippen LogP contribution < -0.4 is 35.3 Å². The standard InChI is InChI=1S/C23H26ClN3O3.C23H25ClN2O4/c24-16-7-5-15(6-8-16)13-27-18-9-10-19(27)12-17(11-18)26-22(28)14-30-21-4-2-1-3-20(21)23(25)29;24-16-3-1-15(2-4-16)12-26-18-5-6-19(26)10-17(9-18)25-23(27)13-28-20-7-8-21-22(11-20)30-14-29-21/h1-8,17-19H,9-14H2,(H2,25,29)(H,26,28);1-4,7-8,11,17-19H,5-6,9-10,12-14H2,(H,25,27)/t2*17-,18+,19-. The number of primary amides is 1. The lowest BCUT2D eigenvalue weighted by atomic mass is 9.96. The van der Waals surface area contributed by atoms with Crippen LogP contribution in [-0.4, -0.2) is 83.8 Å². The van der Waals surface area contributed by atoms with E-state index in [0.29, 0.717) is 47.2 Å². The summed E-state index contributed by atoms with van der Waals surface area (Å²) in [5.74, 6) is 1.46. The number of hydrogen-bond acceptors (Lipinski definition) is 9. The van der Waals surface area contributed by atoms with E-state index in [1.54, 1.807) is 42.5 Å². The second-order valence-electron chi connectivity index (χ2n) is 16.3. The van der Waals surface area contributed by atoms with E-state index in [1.807, 2.05) is 24.3 Å². The fourth-order valence-corrected chi connectivity index (χ4v) is 9.75. The molecule has 4 N–H and O–H groups in total. The third-order valence-electron chi connectivity index (χ3n) is 12.3. The minimum atomic E-state index is -0.573. The SMILES string of the molecule is NC(=O)c1ccccc1OCC(=O)N[C@H]1C[C@H]2CC[C@@H](C1)N2Cc1ccc(Cl)cc1.O=C(COc1ccc2c(c1)OCO2)N[C@H]1C[C@H]2CC[C@@H](C1)N2Cc1ccc(Cl)cc1. The van der Waals surface area contributed by atoms with Crippen molar-refractivity contribution in [2.24, 2.45) is 5.73 Å². The van der Waals surface area contributed by atoms with Crippen molar-refractivity contribution in [3.05, 3.63) is 118 Å². The first kappa shape index (κ1) is 41.7. The van der Waals surface area contributed by atoms with Gasteiger partial charge in [0, 0.05) is 65.5 Å². The van der Waals surface area contributed by atoms with Gasteiger partial charge < -0.3 is 35.3 Å². The molecule has 4 aromatic carbocycles. The van der Waals surface area contributed by atoms with Crippen LogP contribution >= 0.6 is 23.2 Å². The lowest BCUT2D eigenvalue weighted by Crippen LogP contribution is -2.50. The third kappa shape index (κ3) is 10.5. The summed E-state index contributed by atoms with van der Waals surface area (Å²) in [6.45, 7) is 1.95. The number of halogens is 2. The van der Waals surface area contributed by atoms with Crippen molar-refractivity contribution in [2.45, 2.75) is 101 Å². The smallest absolute Gasteiger partial charge is 0.258 e. The van der Waals surface area contributed by atoms with Gasteiger partial charge in [-0.25, -0.2) is 0 Å². The number of piperidine rings is 2. The van der Waals surface area contributed by atoms with E-state index in [2.05, 4.69) is 44.7 Å². The lowest BCUT2D eigenvalue weighted by molar-refractivity contribution is -0.125. The first-order valence-corrected chi connectivity index (χ1v) is 21.5. The van der Waals surface area contributed by atoms with Crippen LogP contribution in [0.25, 0.3) is 0 Å². The molecule has 6 atom stereocenters. The molecule has 0 unspecified atom stereocenters. The minimum Gasteiger partial charge on any atom is -0.484 e. The molecule has 0 aromatic heterocycles. The summed E-state index contributed by atoms with van der Waals surface area (Å²) in [7, 11) is 0. The number of nitrogens with one attached hydrogen (secondary N) is 2. The van der Waals surface area contributed by atoms with Crippen molar-refractivity contribution in [3.8, 4) is 23.0 Å². The van der Waals surface area contributed by atoms with Gasteiger partial charge in [-0.2, -0.15) is 0 Å². The average Bonchev–Trinajstić information content (AvgIpc) is 3.87. The quantitative estimate of drug-likeness (QED) is 0.131. The molecule has 5 aliphatic rings. The maximum Gasteiger partial charge on any atom is 0.258 e. The Morgan fingerprint density at radius 1 is 0.633 bits per heavy atom. The Hall–Kier alpha value is -5.01. The summed E-state index contributed by atoms with van der Waals surface area (Å²) >= 11 is 12.0. The van der Waals surface area contributed by atoms with Gasteiger partial charge in [0.15, 0.2) is 24.7 Å². The number of carbonyl (C=O) groups is 3. The number of hydrogen-bond donors (Lipinski definition) is 3. The zero-order valence-electron chi connectivity index (χ0n) is 33.4. The number of rotatable bonds is 13. The van der Waals surface area contributed by atoms with Gasteiger partial charge in [0.05, 0.1) is 5.56 Å². The van der Waals surface area contributed by atoms with Crippen LogP contribution in [0.2, 0.25) is 10.0 Å². The molecule has 12 nitrogen and oxygen atoms in total. The molecule has 4 aromatic rings. The molecule has 60 heavy (non-hydrogen) atoms. The van der Waals surface area contributed by atoms with Gasteiger partial charge in [-0.05, 0) is 111 Å². The number of carbonyl (C=O) groups excluding carboxylic acids is 3. The van der Waals surface area contributed by atoms with Gasteiger partial charge in [0.25, 0.3) is 17.7 Å². The summed E-state index contributed by atoms with van der Waals surface area (Å²) in [6, 6.07) is 30.5. The highest BCUT2D eigenvalue weighted by molar-refractivity contribution is 6.30. The largest absolute Gasteiger partial charge is 0.484 e. The summed E-state index contributed by atoms with van der Waals surface area (Å²) in [5.41, 5.74) is 8.18. The van der Waals surface area contributed by atoms with Crippen LogP contribution in [0.5, 0.6) is 23.0 Å². The number of para-hydroxylation sites is 1. The molecule has 0 saturated carbocycles. The van der Waals surface area contributed by atoms with Crippen molar-refractivity contribution < 1.29 is 33.3 Å². The topological polar surface area (TPSA) is 145 Å². The van der Waals surface area contributed by atoms with Gasteiger partial charge in [0.2, 0.25) is 6.79 Å². The highest BCUT2D eigenvalue weighted by Crippen LogP contribution is 2.39. The number of nitrogens with zero attached hydrogens (tertiary/aromatic N) is 2. The molecule has 4 fully saturated rings. The van der Waals surface area contributed by atoms with E-state index in [1.165, 1.54) is 24.0 Å². The molecule has 3 amide bonds. The monoisotopic (exact) mass is 855 g/mol. The second-order valence-corrected chi connectivity index (χ2v) is 17.2. The van der Waals surface area contributed by atoms with Crippen LogP contribution in [0.1, 0.15) is 72.9 Å². The van der Waals surface area contributed by atoms with Gasteiger partial charge in [-0.15, -0.1) is 0 Å². The molecule has 4 saturated heterocycles. The molecule has 5 heterocycles. The van der Waals surface area contributed by atoms with Gasteiger partial charge in [0.1, 0.15) is 11.5 Å². The molecule has 5 aliphatic heterocycles. The Labute approximate surface area is 360 Å². The zero-order chi connectivity index (χ0) is 41.6. The second kappa shape index (κ2) is 19.1. The number of ether oxygens (including phenoxy) is 4.